The number of carbonyl (C=O) groups excluding carboxylic acids is 1. The lowest BCUT2D eigenvalue weighted by Gasteiger charge is -2.07. The van der Waals surface area contributed by atoms with Crippen molar-refractivity contribution in [3.8, 4) is 0 Å². The number of para-hydroxylation sites is 2. The second-order valence-corrected chi connectivity index (χ2v) is 4.20. The Hall–Kier alpha value is -2.68. The second-order valence-electron chi connectivity index (χ2n) is 4.20. The van der Waals surface area contributed by atoms with Gasteiger partial charge < -0.3 is 5.32 Å². The van der Waals surface area contributed by atoms with Gasteiger partial charge in [0.05, 0.1) is 11.1 Å². The maximum absolute atomic E-state index is 12.3. The molecular weight excluding hydrogens is 236 g/mol. The molecule has 0 aliphatic carbocycles. The SMILES string of the molecule is O=C(Nc1ccccc1)c1ccnc2ccccc12. The minimum absolute atomic E-state index is 0.121. The van der Waals surface area contributed by atoms with E-state index in [9.17, 15) is 4.79 Å². The summed E-state index contributed by atoms with van der Waals surface area (Å²) in [6.45, 7) is 0. The molecule has 1 N–H and O–H groups in total. The summed E-state index contributed by atoms with van der Waals surface area (Å²) in [6.07, 6.45) is 1.65. The molecule has 0 saturated carbocycles. The van der Waals surface area contributed by atoms with Crippen LogP contribution in [0.5, 0.6) is 0 Å². The van der Waals surface area contributed by atoms with Gasteiger partial charge in [0.15, 0.2) is 0 Å². The van der Waals surface area contributed by atoms with Gasteiger partial charge >= 0.3 is 0 Å². The molecule has 0 spiro atoms. The van der Waals surface area contributed by atoms with Crippen molar-refractivity contribution in [2.24, 2.45) is 0 Å². The normalized spacial score (nSPS) is 10.3. The Bertz CT molecular complexity index is 718. The van der Waals surface area contributed by atoms with Crippen LogP contribution in [0, 0.1) is 0 Å². The first-order valence-electron chi connectivity index (χ1n) is 6.05. The highest BCUT2D eigenvalue weighted by atomic mass is 16.1. The fourth-order valence-electron chi connectivity index (χ4n) is 2.01. The fourth-order valence-corrected chi connectivity index (χ4v) is 2.01. The lowest BCUT2D eigenvalue weighted by Crippen LogP contribution is -2.12. The molecule has 2 aromatic carbocycles. The van der Waals surface area contributed by atoms with Gasteiger partial charge in [-0.25, -0.2) is 0 Å². The minimum Gasteiger partial charge on any atom is -0.322 e. The van der Waals surface area contributed by atoms with E-state index in [1.54, 1.807) is 12.3 Å². The number of aromatic nitrogens is 1. The summed E-state index contributed by atoms with van der Waals surface area (Å²) in [6, 6.07) is 18.8. The van der Waals surface area contributed by atoms with Crippen molar-refractivity contribution in [1.82, 2.24) is 4.98 Å². The summed E-state index contributed by atoms with van der Waals surface area (Å²) < 4.78 is 0. The van der Waals surface area contributed by atoms with Crippen molar-refractivity contribution in [2.75, 3.05) is 5.32 Å². The molecule has 0 bridgehead atoms. The first-order valence-corrected chi connectivity index (χ1v) is 6.05. The molecule has 3 nitrogen and oxygen atoms in total. The van der Waals surface area contributed by atoms with E-state index in [1.807, 2.05) is 54.6 Å². The zero-order valence-corrected chi connectivity index (χ0v) is 10.2. The molecule has 0 fully saturated rings. The lowest BCUT2D eigenvalue weighted by atomic mass is 10.1. The van der Waals surface area contributed by atoms with E-state index in [1.165, 1.54) is 0 Å². The number of nitrogens with zero attached hydrogens (tertiary/aromatic N) is 1. The van der Waals surface area contributed by atoms with Crippen molar-refractivity contribution in [3.05, 3.63) is 72.4 Å². The van der Waals surface area contributed by atoms with Gasteiger partial charge in [-0.15, -0.1) is 0 Å². The van der Waals surface area contributed by atoms with Gasteiger partial charge in [-0.2, -0.15) is 0 Å². The van der Waals surface area contributed by atoms with E-state index in [2.05, 4.69) is 10.3 Å². The molecule has 0 saturated heterocycles. The molecule has 3 aromatic rings. The molecule has 19 heavy (non-hydrogen) atoms. The average molecular weight is 248 g/mol. The number of fused-ring (bicyclic) bond motifs is 1. The largest absolute Gasteiger partial charge is 0.322 e. The van der Waals surface area contributed by atoms with Crippen LogP contribution in [0.4, 0.5) is 5.69 Å². The number of nitrogens with one attached hydrogen (secondary N) is 1. The predicted molar refractivity (Wildman–Crippen MR) is 76.1 cm³/mol. The van der Waals surface area contributed by atoms with Gasteiger partial charge in [-0.3, -0.25) is 9.78 Å². The summed E-state index contributed by atoms with van der Waals surface area (Å²) in [4.78, 5) is 16.5. The number of anilines is 1. The van der Waals surface area contributed by atoms with E-state index < -0.39 is 0 Å². The van der Waals surface area contributed by atoms with Crippen LogP contribution in [0.15, 0.2) is 66.9 Å². The Morgan fingerprint density at radius 1 is 0.895 bits per heavy atom. The van der Waals surface area contributed by atoms with Crippen LogP contribution in [0.25, 0.3) is 10.9 Å². The molecule has 0 unspecified atom stereocenters. The number of benzene rings is 2. The van der Waals surface area contributed by atoms with Crippen LogP contribution in [0.3, 0.4) is 0 Å². The number of pyridine rings is 1. The maximum Gasteiger partial charge on any atom is 0.256 e. The Morgan fingerprint density at radius 3 is 2.47 bits per heavy atom. The van der Waals surface area contributed by atoms with Crippen molar-refractivity contribution >= 4 is 22.5 Å². The van der Waals surface area contributed by atoms with Crippen LogP contribution in [0.1, 0.15) is 10.4 Å². The third-order valence-electron chi connectivity index (χ3n) is 2.93. The van der Waals surface area contributed by atoms with Crippen LogP contribution < -0.4 is 5.32 Å². The minimum atomic E-state index is -0.121. The van der Waals surface area contributed by atoms with Crippen LogP contribution >= 0.6 is 0 Å². The first-order chi connectivity index (χ1) is 9.34. The fraction of sp³-hybridized carbons (Fsp3) is 0. The molecule has 3 rings (SSSR count). The van der Waals surface area contributed by atoms with Crippen molar-refractivity contribution in [3.63, 3.8) is 0 Å². The molecule has 1 heterocycles. The molecule has 0 aliphatic heterocycles. The topological polar surface area (TPSA) is 42.0 Å². The highest BCUT2D eigenvalue weighted by molar-refractivity contribution is 6.12. The smallest absolute Gasteiger partial charge is 0.256 e. The summed E-state index contributed by atoms with van der Waals surface area (Å²) in [5.74, 6) is -0.121. The zero-order chi connectivity index (χ0) is 13.1. The molecular formula is C16H12N2O. The second kappa shape index (κ2) is 4.90. The number of hydrogen-bond acceptors (Lipinski definition) is 2. The van der Waals surface area contributed by atoms with Crippen molar-refractivity contribution in [1.29, 1.82) is 0 Å². The Morgan fingerprint density at radius 2 is 1.63 bits per heavy atom. The molecule has 3 heteroatoms. The quantitative estimate of drug-likeness (QED) is 0.754. The average Bonchev–Trinajstić information content (AvgIpc) is 2.47. The molecule has 1 amide bonds. The van der Waals surface area contributed by atoms with E-state index in [0.29, 0.717) is 5.56 Å². The lowest BCUT2D eigenvalue weighted by molar-refractivity contribution is 0.102. The monoisotopic (exact) mass is 248 g/mol. The molecule has 0 atom stereocenters. The van der Waals surface area contributed by atoms with Crippen LogP contribution in [0.2, 0.25) is 0 Å². The number of carbonyl (C=O) groups is 1. The Balaban J connectivity index is 1.98. The third kappa shape index (κ3) is 2.31. The zero-order valence-electron chi connectivity index (χ0n) is 10.2. The standard InChI is InChI=1S/C16H12N2O/c19-16(18-12-6-2-1-3-7-12)14-10-11-17-15-9-5-4-8-13(14)15/h1-11H,(H,18,19). The highest BCUT2D eigenvalue weighted by Crippen LogP contribution is 2.17. The predicted octanol–water partition coefficient (Wildman–Crippen LogP) is 3.49. The number of hydrogen-bond donors (Lipinski definition) is 1. The molecule has 1 aromatic heterocycles. The molecule has 0 radical (unpaired) electrons. The summed E-state index contributed by atoms with van der Waals surface area (Å²) in [5.41, 5.74) is 2.24. The van der Waals surface area contributed by atoms with E-state index in [0.717, 1.165) is 16.6 Å². The van der Waals surface area contributed by atoms with Crippen molar-refractivity contribution < 1.29 is 4.79 Å². The van der Waals surface area contributed by atoms with Gasteiger partial charge in [0, 0.05) is 17.3 Å². The van der Waals surface area contributed by atoms with Crippen LogP contribution in [-0.2, 0) is 0 Å². The van der Waals surface area contributed by atoms with Gasteiger partial charge in [-0.1, -0.05) is 36.4 Å². The van der Waals surface area contributed by atoms with Crippen LogP contribution in [-0.4, -0.2) is 10.9 Å². The van der Waals surface area contributed by atoms with Gasteiger partial charge in [0.1, 0.15) is 0 Å². The number of rotatable bonds is 2. The Labute approximate surface area is 110 Å². The van der Waals surface area contributed by atoms with E-state index in [4.69, 9.17) is 0 Å². The van der Waals surface area contributed by atoms with Crippen molar-refractivity contribution in [2.45, 2.75) is 0 Å². The van der Waals surface area contributed by atoms with Gasteiger partial charge in [-0.05, 0) is 24.3 Å². The highest BCUT2D eigenvalue weighted by Gasteiger charge is 2.10. The first kappa shape index (κ1) is 11.4. The molecule has 0 aliphatic rings. The number of amides is 1. The van der Waals surface area contributed by atoms with Gasteiger partial charge in [0.2, 0.25) is 0 Å². The molecule has 92 valence electrons. The van der Waals surface area contributed by atoms with Gasteiger partial charge in [0.25, 0.3) is 5.91 Å². The summed E-state index contributed by atoms with van der Waals surface area (Å²) in [5, 5.41) is 3.74. The summed E-state index contributed by atoms with van der Waals surface area (Å²) >= 11 is 0. The third-order valence-corrected chi connectivity index (χ3v) is 2.93. The Kier molecular flexibility index (Phi) is 2.94. The van der Waals surface area contributed by atoms with E-state index >= 15 is 0 Å². The maximum atomic E-state index is 12.3. The van der Waals surface area contributed by atoms with E-state index in [-0.39, 0.29) is 5.91 Å². The summed E-state index contributed by atoms with van der Waals surface area (Å²) in [7, 11) is 0.